The van der Waals surface area contributed by atoms with Crippen LogP contribution in [0.1, 0.15) is 18.4 Å². The van der Waals surface area contributed by atoms with E-state index in [1.165, 1.54) is 0 Å². The molecular formula is C10H11ClN. The van der Waals surface area contributed by atoms with E-state index in [1.807, 2.05) is 30.3 Å². The molecule has 2 rings (SSSR count). The predicted octanol–water partition coefficient (Wildman–Crippen LogP) is 2.48. The number of benzene rings is 1. The second-order valence-corrected chi connectivity index (χ2v) is 3.74. The molecule has 0 amide bonds. The average Bonchev–Trinajstić information content (AvgIpc) is 2.55. The fourth-order valence-electron chi connectivity index (χ4n) is 1.58. The number of alkyl halides is 1. The summed E-state index contributed by atoms with van der Waals surface area (Å²) in [6, 6.07) is 10.1. The van der Waals surface area contributed by atoms with Crippen LogP contribution < -0.4 is 5.32 Å². The van der Waals surface area contributed by atoms with Crippen molar-refractivity contribution < 1.29 is 0 Å². The van der Waals surface area contributed by atoms with Crippen LogP contribution in [-0.4, -0.2) is 6.54 Å². The molecule has 2 heteroatoms. The molecule has 0 bridgehead atoms. The number of nitrogens with zero attached hydrogens (tertiary/aromatic N) is 1. The van der Waals surface area contributed by atoms with Crippen molar-refractivity contribution in [1.29, 1.82) is 0 Å². The van der Waals surface area contributed by atoms with E-state index in [0.29, 0.717) is 0 Å². The van der Waals surface area contributed by atoms with Gasteiger partial charge in [-0.2, -0.15) is 0 Å². The van der Waals surface area contributed by atoms with Gasteiger partial charge in [0, 0.05) is 6.54 Å². The fraction of sp³-hybridized carbons (Fsp3) is 0.400. The second-order valence-electron chi connectivity index (χ2n) is 3.11. The van der Waals surface area contributed by atoms with Crippen LogP contribution in [0, 0.1) is 0 Å². The molecule has 0 N–H and O–H groups in total. The van der Waals surface area contributed by atoms with Gasteiger partial charge in [0.15, 0.2) is 0 Å². The van der Waals surface area contributed by atoms with Crippen LogP contribution in [0.25, 0.3) is 0 Å². The van der Waals surface area contributed by atoms with Crippen molar-refractivity contribution in [2.75, 3.05) is 6.54 Å². The number of halogens is 1. The Balaban J connectivity index is 2.29. The van der Waals surface area contributed by atoms with Crippen molar-refractivity contribution >= 4 is 11.6 Å². The van der Waals surface area contributed by atoms with Crippen LogP contribution >= 0.6 is 11.6 Å². The van der Waals surface area contributed by atoms with Gasteiger partial charge in [-0.3, -0.25) is 0 Å². The Morgan fingerprint density at radius 1 is 1.25 bits per heavy atom. The lowest BCUT2D eigenvalue weighted by Crippen LogP contribution is -2.23. The van der Waals surface area contributed by atoms with Crippen LogP contribution in [0.4, 0.5) is 0 Å². The third kappa shape index (κ3) is 1.35. The Labute approximate surface area is 77.7 Å². The first kappa shape index (κ1) is 8.09. The van der Waals surface area contributed by atoms with Crippen molar-refractivity contribution in [2.24, 2.45) is 0 Å². The Morgan fingerprint density at radius 2 is 2.00 bits per heavy atom. The Hall–Kier alpha value is -0.530. The van der Waals surface area contributed by atoms with Crippen LogP contribution in [0.3, 0.4) is 0 Å². The highest BCUT2D eigenvalue weighted by Gasteiger charge is 2.33. The van der Waals surface area contributed by atoms with Crippen molar-refractivity contribution in [3.05, 3.63) is 35.9 Å². The van der Waals surface area contributed by atoms with Gasteiger partial charge in [0.2, 0.25) is 0 Å². The molecule has 1 saturated heterocycles. The van der Waals surface area contributed by atoms with Gasteiger partial charge in [-0.25, -0.2) is 5.32 Å². The maximum Gasteiger partial charge on any atom is 0.134 e. The Kier molecular flexibility index (Phi) is 2.07. The molecule has 0 spiro atoms. The highest BCUT2D eigenvalue weighted by Crippen LogP contribution is 2.35. The van der Waals surface area contributed by atoms with Crippen molar-refractivity contribution in [2.45, 2.75) is 17.8 Å². The first-order valence-electron chi connectivity index (χ1n) is 4.24. The monoisotopic (exact) mass is 180 g/mol. The van der Waals surface area contributed by atoms with E-state index in [2.05, 4.69) is 5.32 Å². The van der Waals surface area contributed by atoms with E-state index < -0.39 is 5.00 Å². The normalized spacial score (nSPS) is 29.1. The van der Waals surface area contributed by atoms with Gasteiger partial charge in [0.25, 0.3) is 0 Å². The highest BCUT2D eigenvalue weighted by molar-refractivity contribution is 6.23. The zero-order valence-electron chi connectivity index (χ0n) is 6.83. The zero-order valence-corrected chi connectivity index (χ0v) is 7.59. The summed E-state index contributed by atoms with van der Waals surface area (Å²) in [6.45, 7) is 0.901. The molecule has 1 heterocycles. The third-order valence-electron chi connectivity index (χ3n) is 2.24. The molecular weight excluding hydrogens is 170 g/mol. The molecule has 0 aliphatic carbocycles. The molecule has 1 atom stereocenters. The lowest BCUT2D eigenvalue weighted by molar-refractivity contribution is 0.557. The molecule has 0 aromatic heterocycles. The minimum atomic E-state index is -0.415. The van der Waals surface area contributed by atoms with Gasteiger partial charge >= 0.3 is 0 Å². The molecule has 1 unspecified atom stereocenters. The smallest absolute Gasteiger partial charge is 0.134 e. The highest BCUT2D eigenvalue weighted by atomic mass is 35.5. The molecule has 1 fully saturated rings. The maximum atomic E-state index is 6.33. The van der Waals surface area contributed by atoms with Gasteiger partial charge in [-0.15, -0.1) is 0 Å². The zero-order chi connectivity index (χ0) is 8.44. The summed E-state index contributed by atoms with van der Waals surface area (Å²) < 4.78 is 0. The topological polar surface area (TPSA) is 14.1 Å². The fourth-order valence-corrected chi connectivity index (χ4v) is 1.92. The van der Waals surface area contributed by atoms with E-state index in [4.69, 9.17) is 11.6 Å². The molecule has 1 aromatic rings. The summed E-state index contributed by atoms with van der Waals surface area (Å²) in [6.07, 6.45) is 2.08. The molecule has 1 radical (unpaired) electrons. The molecule has 1 aliphatic heterocycles. The summed E-state index contributed by atoms with van der Waals surface area (Å²) in [5.41, 5.74) is 1.13. The number of rotatable bonds is 1. The first-order chi connectivity index (χ1) is 5.81. The SMILES string of the molecule is ClC1(c2ccccc2)CCC[N]1. The first-order valence-corrected chi connectivity index (χ1v) is 4.62. The van der Waals surface area contributed by atoms with E-state index in [9.17, 15) is 0 Å². The predicted molar refractivity (Wildman–Crippen MR) is 50.2 cm³/mol. The van der Waals surface area contributed by atoms with Gasteiger partial charge in [-0.05, 0) is 18.4 Å². The van der Waals surface area contributed by atoms with Gasteiger partial charge in [0.1, 0.15) is 5.00 Å². The molecule has 0 saturated carbocycles. The van der Waals surface area contributed by atoms with E-state index in [1.54, 1.807) is 0 Å². The molecule has 12 heavy (non-hydrogen) atoms. The van der Waals surface area contributed by atoms with Gasteiger partial charge in [-0.1, -0.05) is 41.9 Å². The minimum absolute atomic E-state index is 0.415. The van der Waals surface area contributed by atoms with E-state index in [-0.39, 0.29) is 0 Å². The summed E-state index contributed by atoms with van der Waals surface area (Å²) in [5, 5.41) is 4.40. The van der Waals surface area contributed by atoms with E-state index >= 15 is 0 Å². The minimum Gasteiger partial charge on any atom is -0.215 e. The quantitative estimate of drug-likeness (QED) is 0.466. The second kappa shape index (κ2) is 3.08. The summed E-state index contributed by atoms with van der Waals surface area (Å²) in [7, 11) is 0. The molecule has 1 nitrogen and oxygen atoms in total. The average molecular weight is 181 g/mol. The number of hydrogen-bond acceptors (Lipinski definition) is 0. The van der Waals surface area contributed by atoms with Crippen LogP contribution in [0.2, 0.25) is 0 Å². The lowest BCUT2D eigenvalue weighted by atomic mass is 10.1. The Bertz CT molecular complexity index is 252. The third-order valence-corrected chi connectivity index (χ3v) is 2.77. The van der Waals surface area contributed by atoms with Crippen LogP contribution in [0.15, 0.2) is 30.3 Å². The van der Waals surface area contributed by atoms with Crippen molar-refractivity contribution in [3.8, 4) is 0 Å². The Morgan fingerprint density at radius 3 is 2.58 bits per heavy atom. The van der Waals surface area contributed by atoms with Crippen LogP contribution in [-0.2, 0) is 5.00 Å². The van der Waals surface area contributed by atoms with Crippen LogP contribution in [0.5, 0.6) is 0 Å². The van der Waals surface area contributed by atoms with Crippen molar-refractivity contribution in [1.82, 2.24) is 5.32 Å². The maximum absolute atomic E-state index is 6.33. The molecule has 1 aliphatic rings. The van der Waals surface area contributed by atoms with E-state index in [0.717, 1.165) is 24.9 Å². The summed E-state index contributed by atoms with van der Waals surface area (Å²) in [4.78, 5) is -0.415. The number of hydrogen-bond donors (Lipinski definition) is 0. The van der Waals surface area contributed by atoms with Gasteiger partial charge < -0.3 is 0 Å². The van der Waals surface area contributed by atoms with Crippen molar-refractivity contribution in [3.63, 3.8) is 0 Å². The largest absolute Gasteiger partial charge is 0.215 e. The molecule has 1 aromatic carbocycles. The molecule has 63 valence electrons. The lowest BCUT2D eigenvalue weighted by Gasteiger charge is -2.19. The summed E-state index contributed by atoms with van der Waals surface area (Å²) in [5.74, 6) is 0. The summed E-state index contributed by atoms with van der Waals surface area (Å²) >= 11 is 6.33. The standard InChI is InChI=1S/C10H11ClN/c11-10(7-4-8-12-10)9-5-2-1-3-6-9/h1-3,5-6H,4,7-8H2. The van der Waals surface area contributed by atoms with Gasteiger partial charge in [0.05, 0.1) is 0 Å².